The molecular weight excluding hydrogens is 256 g/mol. The van der Waals surface area contributed by atoms with Gasteiger partial charge in [-0.3, -0.25) is 0 Å². The molecule has 1 heterocycles. The summed E-state index contributed by atoms with van der Waals surface area (Å²) < 4.78 is 11.0. The number of aliphatic hydroxyl groups excluding tert-OH is 2. The second-order valence-corrected chi connectivity index (χ2v) is 5.45. The van der Waals surface area contributed by atoms with Crippen LogP contribution in [0, 0.1) is 0 Å². The summed E-state index contributed by atoms with van der Waals surface area (Å²) >= 11 is 0. The van der Waals surface area contributed by atoms with E-state index in [4.69, 9.17) is 14.6 Å². The van der Waals surface area contributed by atoms with E-state index in [1.807, 2.05) is 0 Å². The fourth-order valence-corrected chi connectivity index (χ4v) is 2.31. The second kappa shape index (κ2) is 11.3. The Balaban J connectivity index is 1.95. The van der Waals surface area contributed by atoms with Crippen LogP contribution in [-0.4, -0.2) is 41.9 Å². The van der Waals surface area contributed by atoms with Crippen molar-refractivity contribution in [2.45, 2.75) is 76.8 Å². The van der Waals surface area contributed by atoms with E-state index in [0.29, 0.717) is 6.61 Å². The van der Waals surface area contributed by atoms with Crippen LogP contribution in [0.2, 0.25) is 0 Å². The molecule has 3 atom stereocenters. The molecule has 4 heteroatoms. The molecule has 0 aromatic carbocycles. The maximum atomic E-state index is 9.49. The number of ether oxygens (including phenoxy) is 2. The quantitative estimate of drug-likeness (QED) is 0.453. The maximum Gasteiger partial charge on any atom is 0.177 e. The van der Waals surface area contributed by atoms with Gasteiger partial charge >= 0.3 is 0 Å². The Morgan fingerprint density at radius 3 is 2.30 bits per heavy atom. The van der Waals surface area contributed by atoms with Crippen LogP contribution in [0.15, 0.2) is 12.2 Å². The van der Waals surface area contributed by atoms with Gasteiger partial charge in [-0.2, -0.15) is 0 Å². The molecule has 118 valence electrons. The van der Waals surface area contributed by atoms with Gasteiger partial charge in [-0.05, 0) is 12.5 Å². The van der Waals surface area contributed by atoms with Crippen molar-refractivity contribution in [3.63, 3.8) is 0 Å². The zero-order valence-corrected chi connectivity index (χ0v) is 12.7. The average Bonchev–Trinajstić information content (AvgIpc) is 2.47. The van der Waals surface area contributed by atoms with E-state index in [1.165, 1.54) is 44.9 Å². The summed E-state index contributed by atoms with van der Waals surface area (Å²) in [5.74, 6) is 0. The average molecular weight is 286 g/mol. The molecule has 0 bridgehead atoms. The standard InChI is InChI=1S/C16H30O4/c1-2-3-4-5-6-7-8-9-12-19-16-11-10-14(18)15(13-17)20-16/h10-11,14-18H,2-9,12-13H2,1H3/t14-,15+,16-/m0/s1. The predicted molar refractivity (Wildman–Crippen MR) is 79.5 cm³/mol. The van der Waals surface area contributed by atoms with E-state index in [-0.39, 0.29) is 6.61 Å². The fraction of sp³-hybridized carbons (Fsp3) is 0.875. The van der Waals surface area contributed by atoms with Gasteiger partial charge < -0.3 is 19.7 Å². The van der Waals surface area contributed by atoms with Gasteiger partial charge in [0.15, 0.2) is 6.29 Å². The van der Waals surface area contributed by atoms with Crippen LogP contribution in [0.1, 0.15) is 58.3 Å². The highest BCUT2D eigenvalue weighted by Gasteiger charge is 2.24. The third-order valence-electron chi connectivity index (χ3n) is 3.62. The number of hydrogen-bond acceptors (Lipinski definition) is 4. The molecule has 0 aromatic heterocycles. The molecule has 0 radical (unpaired) electrons. The van der Waals surface area contributed by atoms with Crippen LogP contribution >= 0.6 is 0 Å². The molecular formula is C16H30O4. The van der Waals surface area contributed by atoms with Crippen LogP contribution in [0.5, 0.6) is 0 Å². The normalized spacial score (nSPS) is 26.1. The molecule has 0 spiro atoms. The van der Waals surface area contributed by atoms with E-state index < -0.39 is 18.5 Å². The van der Waals surface area contributed by atoms with E-state index in [2.05, 4.69) is 6.92 Å². The lowest BCUT2D eigenvalue weighted by atomic mass is 10.1. The van der Waals surface area contributed by atoms with Crippen LogP contribution in [0.25, 0.3) is 0 Å². The van der Waals surface area contributed by atoms with Gasteiger partial charge in [0, 0.05) is 0 Å². The lowest BCUT2D eigenvalue weighted by Gasteiger charge is -2.28. The van der Waals surface area contributed by atoms with Crippen molar-refractivity contribution in [2.75, 3.05) is 13.2 Å². The zero-order chi connectivity index (χ0) is 14.6. The van der Waals surface area contributed by atoms with Crippen molar-refractivity contribution in [1.29, 1.82) is 0 Å². The van der Waals surface area contributed by atoms with E-state index in [0.717, 1.165) is 6.42 Å². The highest BCUT2D eigenvalue weighted by atomic mass is 16.7. The molecule has 0 fully saturated rings. The SMILES string of the molecule is CCCCCCCCCCO[C@@H]1C=C[C@H](O)[C@@H](CO)O1. The molecule has 0 aromatic rings. The topological polar surface area (TPSA) is 58.9 Å². The fourth-order valence-electron chi connectivity index (χ4n) is 2.31. The van der Waals surface area contributed by atoms with E-state index in [9.17, 15) is 5.11 Å². The molecule has 4 nitrogen and oxygen atoms in total. The molecule has 2 N–H and O–H groups in total. The Labute approximate surface area is 122 Å². The van der Waals surface area contributed by atoms with Gasteiger partial charge in [-0.15, -0.1) is 0 Å². The highest BCUT2D eigenvalue weighted by molar-refractivity contribution is 4.99. The Hall–Kier alpha value is -0.420. The van der Waals surface area contributed by atoms with Gasteiger partial charge in [0.05, 0.1) is 13.2 Å². The minimum absolute atomic E-state index is 0.191. The number of unbranched alkanes of at least 4 members (excludes halogenated alkanes) is 7. The van der Waals surface area contributed by atoms with Gasteiger partial charge in [0.2, 0.25) is 0 Å². The smallest absolute Gasteiger partial charge is 0.177 e. The van der Waals surface area contributed by atoms with E-state index in [1.54, 1.807) is 12.2 Å². The molecule has 0 saturated heterocycles. The summed E-state index contributed by atoms with van der Waals surface area (Å²) in [6.45, 7) is 2.71. The second-order valence-electron chi connectivity index (χ2n) is 5.45. The Morgan fingerprint density at radius 1 is 1.00 bits per heavy atom. The first-order valence-electron chi connectivity index (χ1n) is 8.02. The number of rotatable bonds is 11. The first kappa shape index (κ1) is 17.6. The van der Waals surface area contributed by atoms with Crippen molar-refractivity contribution >= 4 is 0 Å². The van der Waals surface area contributed by atoms with Gasteiger partial charge in [-0.25, -0.2) is 0 Å². The number of aliphatic hydroxyl groups is 2. The maximum absolute atomic E-state index is 9.49. The van der Waals surface area contributed by atoms with Gasteiger partial charge in [0.25, 0.3) is 0 Å². The van der Waals surface area contributed by atoms with Gasteiger partial charge in [-0.1, -0.05) is 57.9 Å². The van der Waals surface area contributed by atoms with Crippen LogP contribution < -0.4 is 0 Å². The number of hydrogen-bond donors (Lipinski definition) is 2. The molecule has 0 unspecified atom stereocenters. The largest absolute Gasteiger partial charge is 0.394 e. The monoisotopic (exact) mass is 286 g/mol. The summed E-state index contributed by atoms with van der Waals surface area (Å²) in [6.07, 6.45) is 11.8. The summed E-state index contributed by atoms with van der Waals surface area (Å²) in [5.41, 5.74) is 0. The highest BCUT2D eigenvalue weighted by Crippen LogP contribution is 2.14. The van der Waals surface area contributed by atoms with Crippen molar-refractivity contribution < 1.29 is 19.7 Å². The van der Waals surface area contributed by atoms with Crippen LogP contribution in [0.3, 0.4) is 0 Å². The Morgan fingerprint density at radius 2 is 1.65 bits per heavy atom. The predicted octanol–water partition coefficient (Wildman–Crippen LogP) is 2.78. The molecule has 0 amide bonds. The summed E-state index contributed by atoms with van der Waals surface area (Å²) in [4.78, 5) is 0. The molecule has 1 aliphatic rings. The van der Waals surface area contributed by atoms with Crippen LogP contribution in [0.4, 0.5) is 0 Å². The molecule has 0 aliphatic carbocycles. The van der Waals surface area contributed by atoms with Crippen molar-refractivity contribution in [1.82, 2.24) is 0 Å². The lowest BCUT2D eigenvalue weighted by Crippen LogP contribution is -2.38. The summed E-state index contributed by atoms with van der Waals surface area (Å²) in [7, 11) is 0. The summed E-state index contributed by atoms with van der Waals surface area (Å²) in [6, 6.07) is 0. The van der Waals surface area contributed by atoms with Crippen molar-refractivity contribution in [2.24, 2.45) is 0 Å². The van der Waals surface area contributed by atoms with E-state index >= 15 is 0 Å². The first-order chi connectivity index (χ1) is 9.77. The third kappa shape index (κ3) is 7.39. The summed E-state index contributed by atoms with van der Waals surface area (Å²) in [5, 5.41) is 18.5. The minimum atomic E-state index is -0.733. The van der Waals surface area contributed by atoms with Crippen molar-refractivity contribution in [3.8, 4) is 0 Å². The molecule has 1 aliphatic heterocycles. The molecule has 20 heavy (non-hydrogen) atoms. The first-order valence-corrected chi connectivity index (χ1v) is 8.02. The lowest BCUT2D eigenvalue weighted by molar-refractivity contribution is -0.180. The zero-order valence-electron chi connectivity index (χ0n) is 12.7. The van der Waals surface area contributed by atoms with Gasteiger partial charge in [0.1, 0.15) is 12.2 Å². The Kier molecular flexibility index (Phi) is 9.93. The third-order valence-corrected chi connectivity index (χ3v) is 3.62. The van der Waals surface area contributed by atoms with Crippen LogP contribution in [-0.2, 0) is 9.47 Å². The Bertz CT molecular complexity index is 255. The minimum Gasteiger partial charge on any atom is -0.394 e. The van der Waals surface area contributed by atoms with Crippen molar-refractivity contribution in [3.05, 3.63) is 12.2 Å². The molecule has 1 rings (SSSR count). The molecule has 0 saturated carbocycles.